The number of carbonyl (C=O) groups is 3. The lowest BCUT2D eigenvalue weighted by Gasteiger charge is -2.39. The number of ketones is 2. The average Bonchev–Trinajstić information content (AvgIpc) is 2.75. The Bertz CT molecular complexity index is 781. The summed E-state index contributed by atoms with van der Waals surface area (Å²) in [6.07, 6.45) is 6.04. The molecule has 7 heteroatoms. The van der Waals surface area contributed by atoms with E-state index in [0.717, 1.165) is 5.57 Å². The molecular formula is C25H38O7. The average molecular weight is 451 g/mol. The van der Waals surface area contributed by atoms with E-state index in [1.54, 1.807) is 26.0 Å². The summed E-state index contributed by atoms with van der Waals surface area (Å²) in [5.74, 6) is -2.25. The van der Waals surface area contributed by atoms with Gasteiger partial charge in [-0.05, 0) is 71.3 Å². The number of aliphatic hydroxyl groups excluding tert-OH is 2. The molecule has 1 aliphatic carbocycles. The Morgan fingerprint density at radius 1 is 1.31 bits per heavy atom. The Labute approximate surface area is 190 Å². The molecule has 0 bridgehead atoms. The van der Waals surface area contributed by atoms with Gasteiger partial charge in [0.25, 0.3) is 0 Å². The second-order valence-electron chi connectivity index (χ2n) is 9.84. The van der Waals surface area contributed by atoms with Crippen LogP contribution in [0.5, 0.6) is 0 Å². The maximum Gasteiger partial charge on any atom is 0.335 e. The number of aliphatic hydroxyl groups is 3. The fourth-order valence-electron chi connectivity index (χ4n) is 4.07. The third kappa shape index (κ3) is 8.11. The molecule has 0 aliphatic heterocycles. The molecular weight excluding hydrogens is 412 g/mol. The van der Waals surface area contributed by atoms with Crippen molar-refractivity contribution in [2.75, 3.05) is 6.61 Å². The third-order valence-corrected chi connectivity index (χ3v) is 6.06. The van der Waals surface area contributed by atoms with Crippen LogP contribution in [0.2, 0.25) is 0 Å². The smallest absolute Gasteiger partial charge is 0.335 e. The summed E-state index contributed by atoms with van der Waals surface area (Å²) < 4.78 is 5.16. The number of esters is 1. The molecule has 0 fully saturated rings. The van der Waals surface area contributed by atoms with E-state index in [4.69, 9.17) is 4.74 Å². The highest BCUT2D eigenvalue weighted by Crippen LogP contribution is 2.46. The number of allylic oxidation sites excluding steroid dienone is 3. The number of rotatable bonds is 10. The summed E-state index contributed by atoms with van der Waals surface area (Å²) >= 11 is 0. The van der Waals surface area contributed by atoms with Crippen LogP contribution in [0.3, 0.4) is 0 Å². The molecule has 180 valence electrons. The molecule has 0 unspecified atom stereocenters. The molecule has 1 aliphatic rings. The van der Waals surface area contributed by atoms with E-state index >= 15 is 0 Å². The zero-order chi connectivity index (χ0) is 24.7. The number of carbonyl (C=O) groups excluding carboxylic acids is 3. The molecule has 0 saturated heterocycles. The Hall–Kier alpha value is -2.09. The second kappa shape index (κ2) is 11.7. The highest BCUT2D eigenvalue weighted by atomic mass is 16.5. The lowest BCUT2D eigenvalue weighted by atomic mass is 9.65. The highest BCUT2D eigenvalue weighted by molar-refractivity contribution is 6.00. The predicted octanol–water partition coefficient (Wildman–Crippen LogP) is 3.03. The van der Waals surface area contributed by atoms with Crippen molar-refractivity contribution in [3.63, 3.8) is 0 Å². The van der Waals surface area contributed by atoms with Crippen molar-refractivity contribution >= 4 is 17.5 Å². The minimum absolute atomic E-state index is 0.0171. The summed E-state index contributed by atoms with van der Waals surface area (Å²) in [7, 11) is 0. The normalized spacial score (nSPS) is 25.2. The van der Waals surface area contributed by atoms with Gasteiger partial charge in [0.15, 0.2) is 5.78 Å². The van der Waals surface area contributed by atoms with Gasteiger partial charge in [-0.2, -0.15) is 0 Å². The number of Topliss-reactive ketones (excluding diaryl/α,β-unsaturated/α-hetero) is 2. The first kappa shape index (κ1) is 27.9. The van der Waals surface area contributed by atoms with Gasteiger partial charge in [0.1, 0.15) is 5.78 Å². The predicted molar refractivity (Wildman–Crippen MR) is 121 cm³/mol. The van der Waals surface area contributed by atoms with Gasteiger partial charge in [0, 0.05) is 24.0 Å². The molecule has 0 radical (unpaired) electrons. The molecule has 1 rings (SSSR count). The molecule has 3 N–H and O–H groups in total. The van der Waals surface area contributed by atoms with Gasteiger partial charge in [-0.15, -0.1) is 0 Å². The zero-order valence-electron chi connectivity index (χ0n) is 20.1. The van der Waals surface area contributed by atoms with E-state index in [-0.39, 0.29) is 30.0 Å². The first-order valence-electron chi connectivity index (χ1n) is 11.0. The topological polar surface area (TPSA) is 121 Å². The van der Waals surface area contributed by atoms with Gasteiger partial charge in [0.2, 0.25) is 0 Å². The molecule has 4 atom stereocenters. The summed E-state index contributed by atoms with van der Waals surface area (Å²) in [6, 6.07) is 0. The van der Waals surface area contributed by atoms with Gasteiger partial charge in [-0.1, -0.05) is 18.6 Å². The quantitative estimate of drug-likeness (QED) is 0.266. The van der Waals surface area contributed by atoms with Crippen molar-refractivity contribution < 1.29 is 34.4 Å². The molecule has 0 saturated carbocycles. The molecule has 32 heavy (non-hydrogen) atoms. The largest absolute Gasteiger partial charge is 0.432 e. The van der Waals surface area contributed by atoms with E-state index in [2.05, 4.69) is 0 Å². The Kier molecular flexibility index (Phi) is 10.2. The Balaban J connectivity index is 3.35. The molecule has 7 nitrogen and oxygen atoms in total. The number of hydrogen-bond acceptors (Lipinski definition) is 7. The Morgan fingerprint density at radius 3 is 2.44 bits per heavy atom. The fraction of sp³-hybridized carbons (Fsp3) is 0.640. The minimum Gasteiger partial charge on any atom is -0.432 e. The van der Waals surface area contributed by atoms with Crippen LogP contribution in [-0.2, 0) is 19.1 Å². The van der Waals surface area contributed by atoms with Crippen molar-refractivity contribution in [1.82, 2.24) is 0 Å². The van der Waals surface area contributed by atoms with E-state index in [1.807, 2.05) is 6.92 Å². The van der Waals surface area contributed by atoms with Gasteiger partial charge < -0.3 is 24.9 Å². The van der Waals surface area contributed by atoms with E-state index < -0.39 is 41.5 Å². The summed E-state index contributed by atoms with van der Waals surface area (Å²) in [5, 5.41) is 30.2. The first-order chi connectivity index (χ1) is 14.7. The summed E-state index contributed by atoms with van der Waals surface area (Å²) in [6.45, 7) is 9.51. The van der Waals surface area contributed by atoms with Crippen molar-refractivity contribution in [1.29, 1.82) is 0 Å². The van der Waals surface area contributed by atoms with Crippen LogP contribution >= 0.6 is 0 Å². The SMILES string of the molecule is CC(=O)C[C@@H]1C(=O)C(CO)=CC[C@](C)(CC[C@H](O)C(C)(C)O)[C@H]1/C=C/OC(=O)C=C(C)C. The van der Waals surface area contributed by atoms with Crippen LogP contribution < -0.4 is 0 Å². The van der Waals surface area contributed by atoms with E-state index in [1.165, 1.54) is 33.1 Å². The number of hydrogen-bond donors (Lipinski definition) is 3. The molecule has 0 aromatic carbocycles. The lowest BCUT2D eigenvalue weighted by molar-refractivity contribution is -0.132. The van der Waals surface area contributed by atoms with Crippen molar-refractivity contribution in [2.45, 2.75) is 78.9 Å². The van der Waals surface area contributed by atoms with Crippen LogP contribution in [-0.4, -0.2) is 51.2 Å². The van der Waals surface area contributed by atoms with Crippen molar-refractivity contribution in [3.8, 4) is 0 Å². The maximum atomic E-state index is 13.1. The summed E-state index contributed by atoms with van der Waals surface area (Å²) in [4.78, 5) is 37.0. The zero-order valence-corrected chi connectivity index (χ0v) is 20.1. The maximum absolute atomic E-state index is 13.1. The van der Waals surface area contributed by atoms with Gasteiger partial charge in [0.05, 0.1) is 24.6 Å². The molecule has 0 heterocycles. The van der Waals surface area contributed by atoms with Crippen LogP contribution in [0.4, 0.5) is 0 Å². The highest BCUT2D eigenvalue weighted by Gasteiger charge is 2.44. The third-order valence-electron chi connectivity index (χ3n) is 6.06. The van der Waals surface area contributed by atoms with Gasteiger partial charge >= 0.3 is 5.97 Å². The standard InChI is InChI=1S/C25H38O7/c1-16(2)13-22(29)32-12-9-20-19(14-17(3)27)23(30)18(15-26)7-10-25(20,6)11-8-21(28)24(4,5)31/h7,9,12-13,19-21,26,28,31H,8,10-11,14-15H2,1-6H3/b12-9+/t19-,20-,21-,25+/m0/s1. The van der Waals surface area contributed by atoms with Crippen LogP contribution in [0.15, 0.2) is 35.6 Å². The van der Waals surface area contributed by atoms with Crippen molar-refractivity contribution in [3.05, 3.63) is 35.6 Å². The van der Waals surface area contributed by atoms with Crippen molar-refractivity contribution in [2.24, 2.45) is 17.3 Å². The van der Waals surface area contributed by atoms with Gasteiger partial charge in [-0.25, -0.2) is 4.79 Å². The van der Waals surface area contributed by atoms with Crippen LogP contribution in [0.1, 0.15) is 67.2 Å². The van der Waals surface area contributed by atoms with E-state index in [0.29, 0.717) is 12.8 Å². The second-order valence-corrected chi connectivity index (χ2v) is 9.84. The molecule has 0 spiro atoms. The fourth-order valence-corrected chi connectivity index (χ4v) is 4.07. The van der Waals surface area contributed by atoms with Crippen LogP contribution in [0.25, 0.3) is 0 Å². The molecule has 0 aromatic heterocycles. The van der Waals surface area contributed by atoms with E-state index in [9.17, 15) is 29.7 Å². The minimum atomic E-state index is -1.28. The Morgan fingerprint density at radius 2 is 1.94 bits per heavy atom. The van der Waals surface area contributed by atoms with Gasteiger partial charge in [-0.3, -0.25) is 4.79 Å². The lowest BCUT2D eigenvalue weighted by Crippen LogP contribution is -2.39. The molecule has 0 amide bonds. The van der Waals surface area contributed by atoms with Crippen LogP contribution in [0, 0.1) is 17.3 Å². The summed E-state index contributed by atoms with van der Waals surface area (Å²) in [5.41, 5.74) is -0.849. The molecule has 0 aromatic rings. The monoisotopic (exact) mass is 450 g/mol. The number of ether oxygens (including phenoxy) is 1. The first-order valence-corrected chi connectivity index (χ1v) is 11.0.